The quantitative estimate of drug-likeness (QED) is 0.578. The molecule has 0 radical (unpaired) electrons. The lowest BCUT2D eigenvalue weighted by Gasteiger charge is -2.23. The summed E-state index contributed by atoms with van der Waals surface area (Å²) in [6.45, 7) is 7.94. The Morgan fingerprint density at radius 3 is 2.26 bits per heavy atom. The third kappa shape index (κ3) is 3.92. The number of rotatable bonds is 5. The molecule has 0 fully saturated rings. The number of hydrogen-bond donors (Lipinski definition) is 0. The van der Waals surface area contributed by atoms with E-state index in [-0.39, 0.29) is 5.92 Å². The van der Waals surface area contributed by atoms with Gasteiger partial charge in [0, 0.05) is 18.0 Å². The fraction of sp³-hybridized carbons (Fsp3) is 0.286. The van der Waals surface area contributed by atoms with Crippen LogP contribution in [-0.2, 0) is 10.0 Å². The number of anilines is 1. The molecule has 0 aliphatic heterocycles. The van der Waals surface area contributed by atoms with Crippen LogP contribution in [0.3, 0.4) is 0 Å². The average Bonchev–Trinajstić information content (AvgIpc) is 3.07. The van der Waals surface area contributed by atoms with Gasteiger partial charge in [0.25, 0.3) is 10.0 Å². The van der Waals surface area contributed by atoms with Crippen LogP contribution in [0, 0.1) is 13.8 Å². The van der Waals surface area contributed by atoms with Gasteiger partial charge in [-0.15, -0.1) is 11.3 Å². The van der Waals surface area contributed by atoms with Crippen LogP contribution in [0.2, 0.25) is 0 Å². The molecule has 1 heterocycles. The Kier molecular flexibility index (Phi) is 5.40. The number of benzene rings is 2. The van der Waals surface area contributed by atoms with Crippen molar-refractivity contribution in [1.29, 1.82) is 0 Å². The minimum atomic E-state index is -3.70. The van der Waals surface area contributed by atoms with E-state index in [1.165, 1.54) is 4.31 Å². The first-order chi connectivity index (χ1) is 12.7. The summed E-state index contributed by atoms with van der Waals surface area (Å²) in [4.78, 5) is 4.84. The Morgan fingerprint density at radius 2 is 1.70 bits per heavy atom. The van der Waals surface area contributed by atoms with Crippen LogP contribution in [0.25, 0.3) is 11.3 Å². The van der Waals surface area contributed by atoms with Crippen molar-refractivity contribution in [2.24, 2.45) is 0 Å². The van der Waals surface area contributed by atoms with Crippen molar-refractivity contribution in [2.45, 2.75) is 38.5 Å². The summed E-state index contributed by atoms with van der Waals surface area (Å²) in [5, 5.41) is 2.92. The Hall–Kier alpha value is -2.18. The molecule has 0 aliphatic carbocycles. The lowest BCUT2D eigenvalue weighted by molar-refractivity contribution is 0.592. The SMILES string of the molecule is Cc1ccc(N(C)S(=O)(=O)c2cc(-c3csc(C)n3)ccc2C(C)C)cc1. The molecule has 1 aromatic heterocycles. The molecule has 0 atom stereocenters. The Balaban J connectivity index is 2.13. The average molecular weight is 401 g/mol. The second kappa shape index (κ2) is 7.44. The predicted octanol–water partition coefficient (Wildman–Crippen LogP) is 5.38. The van der Waals surface area contributed by atoms with Crippen LogP contribution in [0.4, 0.5) is 5.69 Å². The molecule has 2 aromatic carbocycles. The van der Waals surface area contributed by atoms with Crippen molar-refractivity contribution < 1.29 is 8.42 Å². The van der Waals surface area contributed by atoms with Crippen LogP contribution >= 0.6 is 11.3 Å². The number of aryl methyl sites for hydroxylation is 2. The Morgan fingerprint density at radius 1 is 1.04 bits per heavy atom. The zero-order valence-corrected chi connectivity index (χ0v) is 17.9. The van der Waals surface area contributed by atoms with E-state index in [1.54, 1.807) is 24.5 Å². The first-order valence-electron chi connectivity index (χ1n) is 8.82. The second-order valence-corrected chi connectivity index (χ2v) is 9.97. The maximum absolute atomic E-state index is 13.4. The smallest absolute Gasteiger partial charge is 0.264 e. The third-order valence-corrected chi connectivity index (χ3v) is 7.20. The van der Waals surface area contributed by atoms with Crippen molar-refractivity contribution in [3.05, 3.63) is 64.0 Å². The normalized spacial score (nSPS) is 11.8. The van der Waals surface area contributed by atoms with E-state index < -0.39 is 10.0 Å². The second-order valence-electron chi connectivity index (χ2n) is 6.97. The van der Waals surface area contributed by atoms with Crippen molar-refractivity contribution in [1.82, 2.24) is 4.98 Å². The maximum Gasteiger partial charge on any atom is 0.264 e. The molecule has 0 N–H and O–H groups in total. The summed E-state index contributed by atoms with van der Waals surface area (Å²) in [7, 11) is -2.09. The Labute approximate surface area is 165 Å². The summed E-state index contributed by atoms with van der Waals surface area (Å²) < 4.78 is 28.2. The van der Waals surface area contributed by atoms with Gasteiger partial charge in [0.2, 0.25) is 0 Å². The van der Waals surface area contributed by atoms with E-state index in [0.717, 1.165) is 27.4 Å². The molecule has 3 rings (SSSR count). The van der Waals surface area contributed by atoms with Gasteiger partial charge in [-0.05, 0) is 43.5 Å². The summed E-state index contributed by atoms with van der Waals surface area (Å²) >= 11 is 1.56. The fourth-order valence-electron chi connectivity index (χ4n) is 2.93. The van der Waals surface area contributed by atoms with Gasteiger partial charge in [0.05, 0.1) is 21.3 Å². The van der Waals surface area contributed by atoms with Crippen molar-refractivity contribution >= 4 is 27.0 Å². The standard InChI is InChI=1S/C21H24N2O2S2/c1-14(2)19-11-8-17(20-13-26-16(4)22-20)12-21(19)27(24,25)23(5)18-9-6-15(3)7-10-18/h6-14H,1-5H3. The van der Waals surface area contributed by atoms with E-state index in [4.69, 9.17) is 0 Å². The van der Waals surface area contributed by atoms with Crippen LogP contribution in [0.5, 0.6) is 0 Å². The van der Waals surface area contributed by atoms with Crippen molar-refractivity contribution in [3.63, 3.8) is 0 Å². The van der Waals surface area contributed by atoms with E-state index in [2.05, 4.69) is 4.98 Å². The highest BCUT2D eigenvalue weighted by atomic mass is 32.2. The topological polar surface area (TPSA) is 50.3 Å². The number of sulfonamides is 1. The minimum Gasteiger partial charge on any atom is -0.269 e. The number of hydrogen-bond acceptors (Lipinski definition) is 4. The molecule has 3 aromatic rings. The molecule has 0 spiro atoms. The van der Waals surface area contributed by atoms with Crippen molar-refractivity contribution in [3.8, 4) is 11.3 Å². The molecular weight excluding hydrogens is 376 g/mol. The van der Waals surface area contributed by atoms with Gasteiger partial charge in [0.15, 0.2) is 0 Å². The Bertz CT molecular complexity index is 1050. The highest BCUT2D eigenvalue weighted by Crippen LogP contribution is 2.33. The predicted molar refractivity (Wildman–Crippen MR) is 113 cm³/mol. The van der Waals surface area contributed by atoms with Crippen LogP contribution < -0.4 is 4.31 Å². The van der Waals surface area contributed by atoms with Gasteiger partial charge >= 0.3 is 0 Å². The molecule has 0 saturated heterocycles. The molecule has 0 saturated carbocycles. The van der Waals surface area contributed by atoms with Crippen molar-refractivity contribution in [2.75, 3.05) is 11.4 Å². The molecule has 27 heavy (non-hydrogen) atoms. The van der Waals surface area contributed by atoms with Crippen LogP contribution in [0.15, 0.2) is 52.7 Å². The van der Waals surface area contributed by atoms with Crippen LogP contribution in [-0.4, -0.2) is 20.4 Å². The lowest BCUT2D eigenvalue weighted by atomic mass is 10.0. The van der Waals surface area contributed by atoms with E-state index >= 15 is 0 Å². The molecular formula is C21H24N2O2S2. The van der Waals surface area contributed by atoms with E-state index in [9.17, 15) is 8.42 Å². The molecule has 0 aliphatic rings. The van der Waals surface area contributed by atoms with Gasteiger partial charge in [-0.3, -0.25) is 4.31 Å². The first-order valence-corrected chi connectivity index (χ1v) is 11.1. The molecule has 6 heteroatoms. The van der Waals surface area contributed by atoms with Crippen LogP contribution in [0.1, 0.15) is 35.9 Å². The van der Waals surface area contributed by atoms with Gasteiger partial charge in [-0.25, -0.2) is 13.4 Å². The molecule has 0 unspecified atom stereocenters. The maximum atomic E-state index is 13.4. The van der Waals surface area contributed by atoms with Gasteiger partial charge < -0.3 is 0 Å². The number of nitrogens with zero attached hydrogens (tertiary/aromatic N) is 2. The summed E-state index contributed by atoms with van der Waals surface area (Å²) in [5.41, 5.74) is 4.17. The largest absolute Gasteiger partial charge is 0.269 e. The van der Waals surface area contributed by atoms with Gasteiger partial charge in [-0.2, -0.15) is 0 Å². The summed E-state index contributed by atoms with van der Waals surface area (Å²) in [6.07, 6.45) is 0. The molecule has 0 bridgehead atoms. The lowest BCUT2D eigenvalue weighted by Crippen LogP contribution is -2.27. The van der Waals surface area contributed by atoms with E-state index in [1.807, 2.05) is 69.5 Å². The molecule has 4 nitrogen and oxygen atoms in total. The fourth-order valence-corrected chi connectivity index (χ4v) is 5.12. The van der Waals surface area contributed by atoms with Gasteiger partial charge in [0.1, 0.15) is 0 Å². The number of aromatic nitrogens is 1. The highest BCUT2D eigenvalue weighted by Gasteiger charge is 2.26. The summed E-state index contributed by atoms with van der Waals surface area (Å²) in [5.74, 6) is 0.0902. The van der Waals surface area contributed by atoms with E-state index in [0.29, 0.717) is 10.6 Å². The zero-order valence-electron chi connectivity index (χ0n) is 16.2. The zero-order chi connectivity index (χ0) is 19.8. The number of thiazole rings is 1. The minimum absolute atomic E-state index is 0.0902. The summed E-state index contributed by atoms with van der Waals surface area (Å²) in [6, 6.07) is 13.1. The highest BCUT2D eigenvalue weighted by molar-refractivity contribution is 7.92. The van der Waals surface area contributed by atoms with Gasteiger partial charge in [-0.1, -0.05) is 43.7 Å². The third-order valence-electron chi connectivity index (χ3n) is 4.59. The molecule has 142 valence electrons. The molecule has 0 amide bonds. The first kappa shape index (κ1) is 19.6. The monoisotopic (exact) mass is 400 g/mol.